The van der Waals surface area contributed by atoms with Gasteiger partial charge in [-0.25, -0.2) is 0 Å². The zero-order valence-electron chi connectivity index (χ0n) is 1.71. The number of hydrogen-bond acceptors (Lipinski definition) is 4. The normalized spacial score (nSPS) is 5.00. The Morgan fingerprint density at radius 2 is 1.00 bits per heavy atom. The van der Waals surface area contributed by atoms with Crippen LogP contribution in [0.2, 0.25) is 0 Å². The summed E-state index contributed by atoms with van der Waals surface area (Å²) in [5.41, 5.74) is 0. The molecule has 0 amide bonds. The Labute approximate surface area is 100.0 Å². The Morgan fingerprint density at radius 3 is 1.00 bits per heavy atom. The van der Waals surface area contributed by atoms with Crippen molar-refractivity contribution < 1.29 is 0 Å². The van der Waals surface area contributed by atoms with Crippen LogP contribution < -0.4 is 0 Å². The van der Waals surface area contributed by atoms with Crippen molar-refractivity contribution in [1.82, 2.24) is 0 Å². The van der Waals surface area contributed by atoms with Crippen molar-refractivity contribution in [2.45, 2.75) is 0 Å². The minimum absolute atomic E-state index is 0. The molecule has 0 nitrogen and oxygen atoms in total. The molecule has 6 heteroatoms. The minimum atomic E-state index is 0. The Morgan fingerprint density at radius 1 is 0.833 bits per heavy atom. The van der Waals surface area contributed by atoms with Gasteiger partial charge < -0.3 is 0 Å². The summed E-state index contributed by atoms with van der Waals surface area (Å²) in [6.07, 6.45) is 0. The van der Waals surface area contributed by atoms with Crippen LogP contribution in [0.25, 0.3) is 0 Å². The number of thiol groups is 2. The van der Waals surface area contributed by atoms with Crippen LogP contribution >= 0.6 is 43.0 Å². The van der Waals surface area contributed by atoms with Crippen LogP contribution in [0, 0.1) is 0 Å². The van der Waals surface area contributed by atoms with Gasteiger partial charge in [-0.3, -0.25) is 0 Å². The number of rotatable bonds is 1. The van der Waals surface area contributed by atoms with Gasteiger partial charge in [0.05, 0.1) is 0 Å². The average molecular weight is 178 g/mol. The van der Waals surface area contributed by atoms with Gasteiger partial charge in [-0.05, 0) is 19.7 Å². The van der Waals surface area contributed by atoms with Crippen LogP contribution in [-0.4, -0.2) is 59.1 Å². The zero-order chi connectivity index (χ0) is 3.41. The van der Waals surface area contributed by atoms with E-state index in [-0.39, 0.29) is 59.1 Å². The van der Waals surface area contributed by atoms with Gasteiger partial charge in [0.2, 0.25) is 0 Å². The summed E-state index contributed by atoms with van der Waals surface area (Å²) in [5, 5.41) is 0. The van der Waals surface area contributed by atoms with Gasteiger partial charge in [0.1, 0.15) is 0 Å². The molecule has 0 heterocycles. The van der Waals surface area contributed by atoms with Crippen LogP contribution in [0.3, 0.4) is 0 Å². The van der Waals surface area contributed by atoms with Gasteiger partial charge >= 0.3 is 59.1 Å². The molecule has 0 rings (SSSR count). The summed E-state index contributed by atoms with van der Waals surface area (Å²) in [6.45, 7) is 0. The molecule has 0 aromatic heterocycles. The van der Waals surface area contributed by atoms with E-state index in [1.165, 1.54) is 19.7 Å². The maximum absolute atomic E-state index is 3.72. The van der Waals surface area contributed by atoms with Gasteiger partial charge in [-0.1, -0.05) is 23.3 Å². The molecule has 0 fully saturated rings. The molecule has 0 aromatic rings. The van der Waals surface area contributed by atoms with E-state index in [0.29, 0.717) is 0 Å². The van der Waals surface area contributed by atoms with E-state index in [1.807, 2.05) is 0 Å². The van der Waals surface area contributed by atoms with Crippen molar-refractivity contribution in [1.29, 1.82) is 0 Å². The van der Waals surface area contributed by atoms with E-state index in [4.69, 9.17) is 0 Å². The van der Waals surface area contributed by atoms with Crippen molar-refractivity contribution in [2.75, 3.05) is 0 Å². The summed E-state index contributed by atoms with van der Waals surface area (Å²) >= 11 is 7.45. The molecule has 0 saturated heterocycles. The predicted octanol–water partition coefficient (Wildman–Crippen LogP) is 0.760. The van der Waals surface area contributed by atoms with Crippen LogP contribution in [-0.2, 0) is 0 Å². The average Bonchev–Trinajstić information content (AvgIpc) is 1.37. The first-order valence-electron chi connectivity index (χ1n) is 0.532. The van der Waals surface area contributed by atoms with E-state index in [1.54, 1.807) is 0 Å². The van der Waals surface area contributed by atoms with Gasteiger partial charge in [0.15, 0.2) is 0 Å². The van der Waals surface area contributed by atoms with E-state index < -0.39 is 0 Å². The predicted molar refractivity (Wildman–Crippen MR) is 47.5 cm³/mol. The fourth-order valence-corrected chi connectivity index (χ4v) is 0. The summed E-state index contributed by atoms with van der Waals surface area (Å²) in [7, 11) is 2.66. The van der Waals surface area contributed by atoms with Crippen molar-refractivity contribution in [3.63, 3.8) is 0 Å². The second kappa shape index (κ2) is 15.8. The van der Waals surface area contributed by atoms with Crippen LogP contribution in [0.15, 0.2) is 0 Å². The summed E-state index contributed by atoms with van der Waals surface area (Å²) < 4.78 is 0. The molecule has 0 saturated carbocycles. The van der Waals surface area contributed by atoms with Crippen molar-refractivity contribution in [3.05, 3.63) is 0 Å². The SMILES string of the molecule is SSSS.[NaH].[NaH]. The Bertz CT molecular complexity index is 7.51. The van der Waals surface area contributed by atoms with Crippen LogP contribution in [0.1, 0.15) is 0 Å². The van der Waals surface area contributed by atoms with Crippen LogP contribution in [0.5, 0.6) is 0 Å². The first kappa shape index (κ1) is 16.2. The molecular formula is H4Na2S4. The molecule has 0 atom stereocenters. The molecule has 6 heavy (non-hydrogen) atoms. The second-order valence-corrected chi connectivity index (χ2v) is 4.02. The molecule has 0 N–H and O–H groups in total. The molecule has 0 aromatic carbocycles. The molecule has 0 spiro atoms. The van der Waals surface area contributed by atoms with Crippen molar-refractivity contribution >= 4 is 102 Å². The summed E-state index contributed by atoms with van der Waals surface area (Å²) in [4.78, 5) is 0. The van der Waals surface area contributed by atoms with E-state index in [9.17, 15) is 0 Å². The van der Waals surface area contributed by atoms with Gasteiger partial charge in [0.25, 0.3) is 0 Å². The molecular weight excluding hydrogens is 174 g/mol. The molecule has 0 unspecified atom stereocenters. The topological polar surface area (TPSA) is 0 Å². The van der Waals surface area contributed by atoms with Crippen molar-refractivity contribution in [3.8, 4) is 0 Å². The number of hydrogen-bond donors (Lipinski definition) is 2. The second-order valence-electron chi connectivity index (χ2n) is 0.149. The summed E-state index contributed by atoms with van der Waals surface area (Å²) in [6, 6.07) is 0. The Hall–Kier alpha value is 3.40. The fourth-order valence-electron chi connectivity index (χ4n) is 0. The molecule has 0 aliphatic rings. The molecule has 0 aliphatic heterocycles. The van der Waals surface area contributed by atoms with E-state index in [0.717, 1.165) is 0 Å². The third-order valence-corrected chi connectivity index (χ3v) is 2.70. The zero-order valence-corrected chi connectivity index (χ0v) is 5.13. The Balaban J connectivity index is -0.0000000450. The van der Waals surface area contributed by atoms with Crippen LogP contribution in [0.4, 0.5) is 0 Å². The Kier molecular flexibility index (Phi) is 42.6. The third-order valence-electron chi connectivity index (χ3n) is 0.0333. The fraction of sp³-hybridized carbons (Fsp3) is 0. The standard InChI is InChI=1S/2Na.H2S4.2H/c;;1-3-4-2;;/h;;1-2H;;. The van der Waals surface area contributed by atoms with Gasteiger partial charge in [0, 0.05) is 0 Å². The molecule has 0 bridgehead atoms. The molecule has 30 valence electrons. The first-order chi connectivity index (χ1) is 1.91. The first-order valence-corrected chi connectivity index (χ1v) is 4.79. The van der Waals surface area contributed by atoms with E-state index >= 15 is 0 Å². The van der Waals surface area contributed by atoms with Crippen molar-refractivity contribution in [2.24, 2.45) is 0 Å². The van der Waals surface area contributed by atoms with Gasteiger partial charge in [-0.15, -0.1) is 0 Å². The third kappa shape index (κ3) is 15.7. The summed E-state index contributed by atoms with van der Waals surface area (Å²) in [5.74, 6) is 0. The monoisotopic (exact) mass is 178 g/mol. The quantitative estimate of drug-likeness (QED) is 0.346. The maximum atomic E-state index is 3.72. The van der Waals surface area contributed by atoms with E-state index in [2.05, 4.69) is 23.3 Å². The van der Waals surface area contributed by atoms with Gasteiger partial charge in [-0.2, -0.15) is 0 Å². The molecule has 0 radical (unpaired) electrons. The molecule has 0 aliphatic carbocycles.